The van der Waals surface area contributed by atoms with Gasteiger partial charge in [-0.1, -0.05) is 12.1 Å². The van der Waals surface area contributed by atoms with Crippen molar-refractivity contribution in [2.45, 2.75) is 12.5 Å². The number of amides is 1. The molecule has 0 saturated heterocycles. The van der Waals surface area contributed by atoms with Gasteiger partial charge in [-0.3, -0.25) is 19.9 Å². The zero-order valence-electron chi connectivity index (χ0n) is 16.6. The van der Waals surface area contributed by atoms with Crippen molar-refractivity contribution < 1.29 is 14.5 Å². The second kappa shape index (κ2) is 8.62. The van der Waals surface area contributed by atoms with E-state index in [2.05, 4.69) is 20.8 Å². The number of nitro benzene ring substituents is 1. The standard InChI is InChI=1S/C22H19N5O4/c1-23-22(28)21-12-18(10-11-24-21)31-17-8-4-15(5-9-17)20-13-19(25-26-20)14-2-6-16(7-3-14)27(29)30/h2-12,19,25H,13H2,1H3,(H,23,28). The van der Waals surface area contributed by atoms with Gasteiger partial charge in [0.25, 0.3) is 11.6 Å². The zero-order chi connectivity index (χ0) is 21.8. The minimum absolute atomic E-state index is 0.0355. The largest absolute Gasteiger partial charge is 0.457 e. The van der Waals surface area contributed by atoms with Crippen molar-refractivity contribution in [1.29, 1.82) is 0 Å². The van der Waals surface area contributed by atoms with Crippen molar-refractivity contribution in [3.05, 3.63) is 93.8 Å². The maximum Gasteiger partial charge on any atom is 0.269 e. The number of carbonyl (C=O) groups excluding carboxylic acids is 1. The number of carbonyl (C=O) groups is 1. The zero-order valence-corrected chi connectivity index (χ0v) is 16.6. The number of rotatable bonds is 6. The number of hydrogen-bond acceptors (Lipinski definition) is 7. The van der Waals surface area contributed by atoms with Crippen LogP contribution in [-0.4, -0.2) is 28.6 Å². The van der Waals surface area contributed by atoms with E-state index in [4.69, 9.17) is 4.74 Å². The molecule has 1 aliphatic heterocycles. The predicted molar refractivity (Wildman–Crippen MR) is 114 cm³/mol. The lowest BCUT2D eigenvalue weighted by Crippen LogP contribution is -2.18. The van der Waals surface area contributed by atoms with Gasteiger partial charge < -0.3 is 15.5 Å². The third-order valence-corrected chi connectivity index (χ3v) is 4.87. The molecule has 2 N–H and O–H groups in total. The van der Waals surface area contributed by atoms with E-state index in [0.29, 0.717) is 17.9 Å². The smallest absolute Gasteiger partial charge is 0.269 e. The molecule has 0 radical (unpaired) electrons. The van der Waals surface area contributed by atoms with Crippen LogP contribution in [0.3, 0.4) is 0 Å². The van der Waals surface area contributed by atoms with Crippen LogP contribution >= 0.6 is 0 Å². The summed E-state index contributed by atoms with van der Waals surface area (Å²) in [5, 5.41) is 17.8. The van der Waals surface area contributed by atoms with Gasteiger partial charge in [-0.05, 0) is 41.5 Å². The molecule has 1 aromatic heterocycles. The molecule has 1 atom stereocenters. The maximum atomic E-state index is 11.7. The lowest BCUT2D eigenvalue weighted by molar-refractivity contribution is -0.384. The van der Waals surface area contributed by atoms with Gasteiger partial charge in [0.2, 0.25) is 0 Å². The Hall–Kier alpha value is -4.27. The summed E-state index contributed by atoms with van der Waals surface area (Å²) < 4.78 is 5.82. The summed E-state index contributed by atoms with van der Waals surface area (Å²) in [6.07, 6.45) is 2.18. The molecular weight excluding hydrogens is 398 g/mol. The van der Waals surface area contributed by atoms with E-state index in [0.717, 1.165) is 16.8 Å². The van der Waals surface area contributed by atoms with Gasteiger partial charge in [-0.15, -0.1) is 0 Å². The molecule has 1 unspecified atom stereocenters. The van der Waals surface area contributed by atoms with Crippen molar-refractivity contribution in [3.8, 4) is 11.5 Å². The van der Waals surface area contributed by atoms with Crippen LogP contribution in [0.1, 0.15) is 34.1 Å². The Morgan fingerprint density at radius 3 is 2.55 bits per heavy atom. The van der Waals surface area contributed by atoms with E-state index in [-0.39, 0.29) is 23.3 Å². The Morgan fingerprint density at radius 1 is 1.13 bits per heavy atom. The number of benzene rings is 2. The number of nitrogens with zero attached hydrogens (tertiary/aromatic N) is 3. The van der Waals surface area contributed by atoms with Crippen LogP contribution in [0.5, 0.6) is 11.5 Å². The highest BCUT2D eigenvalue weighted by Gasteiger charge is 2.22. The summed E-state index contributed by atoms with van der Waals surface area (Å²) in [6, 6.07) is 17.2. The molecule has 0 aliphatic carbocycles. The fourth-order valence-corrected chi connectivity index (χ4v) is 3.22. The molecule has 31 heavy (non-hydrogen) atoms. The van der Waals surface area contributed by atoms with Crippen LogP contribution in [0, 0.1) is 10.1 Å². The SMILES string of the molecule is CNC(=O)c1cc(Oc2ccc(C3=NNC(c4ccc([N+](=O)[O-])cc4)C3)cc2)ccn1. The highest BCUT2D eigenvalue weighted by Crippen LogP contribution is 2.27. The normalized spacial score (nSPS) is 15.0. The van der Waals surface area contributed by atoms with Crippen LogP contribution in [0.15, 0.2) is 72.0 Å². The number of aromatic nitrogens is 1. The van der Waals surface area contributed by atoms with E-state index in [9.17, 15) is 14.9 Å². The van der Waals surface area contributed by atoms with E-state index < -0.39 is 4.92 Å². The number of hydrogen-bond donors (Lipinski definition) is 2. The molecule has 0 fully saturated rings. The molecule has 0 spiro atoms. The van der Waals surface area contributed by atoms with Gasteiger partial charge >= 0.3 is 0 Å². The molecule has 2 heterocycles. The maximum absolute atomic E-state index is 11.7. The molecule has 1 aliphatic rings. The first-order valence-corrected chi connectivity index (χ1v) is 9.56. The average Bonchev–Trinajstić information content (AvgIpc) is 3.29. The Bertz CT molecular complexity index is 1140. The van der Waals surface area contributed by atoms with Gasteiger partial charge in [0.1, 0.15) is 17.2 Å². The molecule has 1 amide bonds. The molecule has 3 aromatic rings. The van der Waals surface area contributed by atoms with Crippen LogP contribution in [0.25, 0.3) is 0 Å². The number of nitro groups is 1. The number of hydrazone groups is 1. The molecule has 156 valence electrons. The molecule has 2 aromatic carbocycles. The average molecular weight is 417 g/mol. The molecular formula is C22H19N5O4. The minimum atomic E-state index is -0.414. The van der Waals surface area contributed by atoms with Crippen molar-refractivity contribution in [2.75, 3.05) is 7.05 Å². The highest BCUT2D eigenvalue weighted by atomic mass is 16.6. The number of non-ortho nitro benzene ring substituents is 1. The van der Waals surface area contributed by atoms with E-state index in [1.807, 2.05) is 24.3 Å². The van der Waals surface area contributed by atoms with Gasteiger partial charge in [0, 0.05) is 37.9 Å². The van der Waals surface area contributed by atoms with Crippen molar-refractivity contribution in [1.82, 2.24) is 15.7 Å². The van der Waals surface area contributed by atoms with Gasteiger partial charge in [0.05, 0.1) is 16.7 Å². The number of nitrogens with one attached hydrogen (secondary N) is 2. The second-order valence-corrected chi connectivity index (χ2v) is 6.88. The highest BCUT2D eigenvalue weighted by molar-refractivity contribution is 6.01. The van der Waals surface area contributed by atoms with Gasteiger partial charge in [-0.25, -0.2) is 0 Å². The van der Waals surface area contributed by atoms with E-state index >= 15 is 0 Å². The molecule has 0 saturated carbocycles. The predicted octanol–water partition coefficient (Wildman–Crippen LogP) is 3.58. The van der Waals surface area contributed by atoms with Gasteiger partial charge in [0.15, 0.2) is 0 Å². The number of ether oxygens (including phenoxy) is 1. The lowest BCUT2D eigenvalue weighted by atomic mass is 9.99. The van der Waals surface area contributed by atoms with Crippen LogP contribution in [0.2, 0.25) is 0 Å². The fourth-order valence-electron chi connectivity index (χ4n) is 3.22. The number of pyridine rings is 1. The third kappa shape index (κ3) is 4.50. The molecule has 4 rings (SSSR count). The summed E-state index contributed by atoms with van der Waals surface area (Å²) in [7, 11) is 1.54. The Balaban J connectivity index is 1.41. The quantitative estimate of drug-likeness (QED) is 0.467. The first-order chi connectivity index (χ1) is 15.0. The van der Waals surface area contributed by atoms with E-state index in [1.54, 1.807) is 31.3 Å². The van der Waals surface area contributed by atoms with Crippen LogP contribution in [0.4, 0.5) is 5.69 Å². The molecule has 9 nitrogen and oxygen atoms in total. The topological polar surface area (TPSA) is 119 Å². The Labute approximate surface area is 177 Å². The Morgan fingerprint density at radius 2 is 1.87 bits per heavy atom. The van der Waals surface area contributed by atoms with Gasteiger partial charge in [-0.2, -0.15) is 5.10 Å². The van der Waals surface area contributed by atoms with Crippen LogP contribution < -0.4 is 15.5 Å². The second-order valence-electron chi connectivity index (χ2n) is 6.88. The Kier molecular flexibility index (Phi) is 5.57. The lowest BCUT2D eigenvalue weighted by Gasteiger charge is -2.10. The summed E-state index contributed by atoms with van der Waals surface area (Å²) in [4.78, 5) is 26.1. The summed E-state index contributed by atoms with van der Waals surface area (Å²) >= 11 is 0. The molecule has 9 heteroatoms. The van der Waals surface area contributed by atoms with Crippen molar-refractivity contribution in [2.24, 2.45) is 5.10 Å². The first kappa shape index (κ1) is 20.0. The van der Waals surface area contributed by atoms with Crippen molar-refractivity contribution in [3.63, 3.8) is 0 Å². The molecule has 0 bridgehead atoms. The fraction of sp³-hybridized carbons (Fsp3) is 0.136. The van der Waals surface area contributed by atoms with Crippen LogP contribution in [-0.2, 0) is 0 Å². The van der Waals surface area contributed by atoms with E-state index in [1.165, 1.54) is 18.3 Å². The van der Waals surface area contributed by atoms with Crippen molar-refractivity contribution >= 4 is 17.3 Å². The summed E-state index contributed by atoms with van der Waals surface area (Å²) in [6.45, 7) is 0. The summed E-state index contributed by atoms with van der Waals surface area (Å²) in [5.74, 6) is 0.853. The third-order valence-electron chi connectivity index (χ3n) is 4.87. The summed E-state index contributed by atoms with van der Waals surface area (Å²) in [5.41, 5.74) is 6.21. The monoisotopic (exact) mass is 417 g/mol. The first-order valence-electron chi connectivity index (χ1n) is 9.56. The minimum Gasteiger partial charge on any atom is -0.457 e.